The molecule has 0 heterocycles. The van der Waals surface area contributed by atoms with Crippen molar-refractivity contribution >= 4 is 12.4 Å². The molecule has 0 spiro atoms. The summed E-state index contributed by atoms with van der Waals surface area (Å²) in [6.07, 6.45) is 1.09. The Morgan fingerprint density at radius 3 is 2.08 bits per heavy atom. The average Bonchev–Trinajstić information content (AvgIpc) is 2.07. The van der Waals surface area contributed by atoms with Gasteiger partial charge in [-0.3, -0.25) is 11.3 Å². The third-order valence-electron chi connectivity index (χ3n) is 1.74. The van der Waals surface area contributed by atoms with Gasteiger partial charge in [0, 0.05) is 6.54 Å². The zero-order valence-corrected chi connectivity index (χ0v) is 8.03. The number of nitrogens with one attached hydrogen (secondary N) is 1. The molecule has 0 bridgehead atoms. The second kappa shape index (κ2) is 6.00. The van der Waals surface area contributed by atoms with Gasteiger partial charge in [0.05, 0.1) is 0 Å². The number of hydrazine groups is 1. The van der Waals surface area contributed by atoms with Crippen molar-refractivity contribution in [1.82, 2.24) is 5.43 Å². The van der Waals surface area contributed by atoms with E-state index in [0.717, 1.165) is 13.0 Å². The summed E-state index contributed by atoms with van der Waals surface area (Å²) in [6, 6.07) is 8.46. The first-order valence-electron chi connectivity index (χ1n) is 3.88. The molecular weight excluding hydrogens is 172 g/mol. The lowest BCUT2D eigenvalue weighted by atomic mass is 10.1. The highest BCUT2D eigenvalue weighted by atomic mass is 35.5. The molecule has 0 atom stereocenters. The number of aryl methyl sites for hydroxylation is 1. The molecule has 1 aromatic carbocycles. The van der Waals surface area contributed by atoms with Gasteiger partial charge in [-0.05, 0) is 17.5 Å². The van der Waals surface area contributed by atoms with Crippen molar-refractivity contribution in [3.63, 3.8) is 0 Å². The molecule has 2 nitrogen and oxygen atoms in total. The second-order valence-corrected chi connectivity index (χ2v) is 2.55. The first-order valence-corrected chi connectivity index (χ1v) is 3.88. The number of benzene rings is 1. The summed E-state index contributed by atoms with van der Waals surface area (Å²) in [5.74, 6) is 5.18. The standard InChI is InChI=1S/C9H14N2.ClH/c1-2-8-3-5-9(6-4-8)7-11-10;/h3-6,11H,2,7,10H2,1H3;1H. The molecule has 0 aliphatic carbocycles. The molecule has 0 saturated carbocycles. The third kappa shape index (κ3) is 3.22. The van der Waals surface area contributed by atoms with Gasteiger partial charge in [0.2, 0.25) is 0 Å². The highest BCUT2D eigenvalue weighted by Crippen LogP contribution is 2.03. The molecule has 1 aromatic rings. The maximum absolute atomic E-state index is 5.18. The van der Waals surface area contributed by atoms with E-state index in [1.54, 1.807) is 0 Å². The molecule has 0 saturated heterocycles. The van der Waals surface area contributed by atoms with Gasteiger partial charge in [-0.15, -0.1) is 12.4 Å². The Balaban J connectivity index is 0.00000121. The molecule has 0 unspecified atom stereocenters. The van der Waals surface area contributed by atoms with Crippen LogP contribution in [0.5, 0.6) is 0 Å². The van der Waals surface area contributed by atoms with Crippen LogP contribution in [0.4, 0.5) is 0 Å². The van der Waals surface area contributed by atoms with E-state index in [0.29, 0.717) is 0 Å². The molecule has 12 heavy (non-hydrogen) atoms. The smallest absolute Gasteiger partial charge is 0.0348 e. The topological polar surface area (TPSA) is 38.0 Å². The minimum atomic E-state index is 0. The number of hydrogen-bond acceptors (Lipinski definition) is 2. The molecule has 68 valence electrons. The van der Waals surface area contributed by atoms with Crippen LogP contribution in [0.3, 0.4) is 0 Å². The van der Waals surface area contributed by atoms with E-state index in [1.807, 2.05) is 0 Å². The van der Waals surface area contributed by atoms with E-state index in [4.69, 9.17) is 5.84 Å². The van der Waals surface area contributed by atoms with E-state index in [1.165, 1.54) is 11.1 Å². The van der Waals surface area contributed by atoms with Crippen molar-refractivity contribution in [2.24, 2.45) is 5.84 Å². The first kappa shape index (κ1) is 11.4. The van der Waals surface area contributed by atoms with Crippen LogP contribution in [0.1, 0.15) is 18.1 Å². The molecule has 3 heteroatoms. The minimum absolute atomic E-state index is 0. The summed E-state index contributed by atoms with van der Waals surface area (Å²) >= 11 is 0. The monoisotopic (exact) mass is 186 g/mol. The van der Waals surface area contributed by atoms with Crippen LogP contribution in [0.15, 0.2) is 24.3 Å². The Bertz CT molecular complexity index is 208. The number of halogens is 1. The lowest BCUT2D eigenvalue weighted by Gasteiger charge is -2.00. The van der Waals surface area contributed by atoms with Crippen molar-refractivity contribution in [3.05, 3.63) is 35.4 Å². The SMILES string of the molecule is CCc1ccc(CNN)cc1.Cl. The van der Waals surface area contributed by atoms with Crippen molar-refractivity contribution in [1.29, 1.82) is 0 Å². The van der Waals surface area contributed by atoms with E-state index in [2.05, 4.69) is 36.6 Å². The number of nitrogens with two attached hydrogens (primary N) is 1. The van der Waals surface area contributed by atoms with Crippen LogP contribution in [0.25, 0.3) is 0 Å². The first-order chi connectivity index (χ1) is 5.36. The molecule has 0 aliphatic rings. The van der Waals surface area contributed by atoms with Crippen LogP contribution >= 0.6 is 12.4 Å². The maximum atomic E-state index is 5.18. The van der Waals surface area contributed by atoms with Crippen LogP contribution in [0.2, 0.25) is 0 Å². The molecule has 0 amide bonds. The third-order valence-corrected chi connectivity index (χ3v) is 1.74. The predicted octanol–water partition coefficient (Wildman–Crippen LogP) is 1.63. The van der Waals surface area contributed by atoms with Gasteiger partial charge in [-0.1, -0.05) is 31.2 Å². The Morgan fingerprint density at radius 2 is 1.67 bits per heavy atom. The summed E-state index contributed by atoms with van der Waals surface area (Å²) in [5, 5.41) is 0. The van der Waals surface area contributed by atoms with Crippen LogP contribution < -0.4 is 11.3 Å². The highest BCUT2D eigenvalue weighted by Gasteiger charge is 1.90. The van der Waals surface area contributed by atoms with Gasteiger partial charge in [0.15, 0.2) is 0 Å². The van der Waals surface area contributed by atoms with Gasteiger partial charge in [-0.25, -0.2) is 0 Å². The minimum Gasteiger partial charge on any atom is -0.271 e. The van der Waals surface area contributed by atoms with Crippen molar-refractivity contribution in [2.45, 2.75) is 19.9 Å². The average molecular weight is 187 g/mol. The normalized spacial score (nSPS) is 9.17. The summed E-state index contributed by atoms with van der Waals surface area (Å²) in [6.45, 7) is 2.89. The molecule has 0 fully saturated rings. The van der Waals surface area contributed by atoms with E-state index >= 15 is 0 Å². The van der Waals surface area contributed by atoms with Crippen LogP contribution in [0, 0.1) is 0 Å². The van der Waals surface area contributed by atoms with Crippen molar-refractivity contribution < 1.29 is 0 Å². The molecule has 3 N–H and O–H groups in total. The van der Waals surface area contributed by atoms with Crippen LogP contribution in [-0.2, 0) is 13.0 Å². The molecule has 1 rings (SSSR count). The fourth-order valence-electron chi connectivity index (χ4n) is 1.01. The molecule has 0 aromatic heterocycles. The van der Waals surface area contributed by atoms with Gasteiger partial charge in [-0.2, -0.15) is 0 Å². The summed E-state index contributed by atoms with van der Waals surface area (Å²) in [5.41, 5.74) is 5.21. The van der Waals surface area contributed by atoms with Gasteiger partial charge in [0.25, 0.3) is 0 Å². The lowest BCUT2D eigenvalue weighted by molar-refractivity contribution is 0.741. The summed E-state index contributed by atoms with van der Waals surface area (Å²) in [4.78, 5) is 0. The lowest BCUT2D eigenvalue weighted by Crippen LogP contribution is -2.20. The largest absolute Gasteiger partial charge is 0.271 e. The second-order valence-electron chi connectivity index (χ2n) is 2.55. The predicted molar refractivity (Wildman–Crippen MR) is 54.1 cm³/mol. The van der Waals surface area contributed by atoms with Crippen molar-refractivity contribution in [3.8, 4) is 0 Å². The fourth-order valence-corrected chi connectivity index (χ4v) is 1.01. The van der Waals surface area contributed by atoms with Crippen LogP contribution in [-0.4, -0.2) is 0 Å². The highest BCUT2D eigenvalue weighted by molar-refractivity contribution is 5.85. The van der Waals surface area contributed by atoms with E-state index < -0.39 is 0 Å². The Labute approximate surface area is 79.5 Å². The number of hydrogen-bond donors (Lipinski definition) is 2. The quantitative estimate of drug-likeness (QED) is 0.557. The van der Waals surface area contributed by atoms with Gasteiger partial charge in [0.1, 0.15) is 0 Å². The summed E-state index contributed by atoms with van der Waals surface area (Å²) in [7, 11) is 0. The Hall–Kier alpha value is -0.570. The molecule has 0 radical (unpaired) electrons. The fraction of sp³-hybridized carbons (Fsp3) is 0.333. The number of rotatable bonds is 3. The van der Waals surface area contributed by atoms with Gasteiger partial charge < -0.3 is 0 Å². The summed E-state index contributed by atoms with van der Waals surface area (Å²) < 4.78 is 0. The van der Waals surface area contributed by atoms with E-state index in [-0.39, 0.29) is 12.4 Å². The maximum Gasteiger partial charge on any atom is 0.0348 e. The van der Waals surface area contributed by atoms with E-state index in [9.17, 15) is 0 Å². The van der Waals surface area contributed by atoms with Gasteiger partial charge >= 0.3 is 0 Å². The molecule has 0 aliphatic heterocycles. The Morgan fingerprint density at radius 1 is 1.17 bits per heavy atom. The zero-order chi connectivity index (χ0) is 8.10. The zero-order valence-electron chi connectivity index (χ0n) is 7.21. The Kier molecular flexibility index (Phi) is 5.72. The molecular formula is C9H15ClN2. The van der Waals surface area contributed by atoms with Crippen molar-refractivity contribution in [2.75, 3.05) is 0 Å².